The number of aromatic nitrogens is 2. The number of aryl methyl sites for hydroxylation is 1. The summed E-state index contributed by atoms with van der Waals surface area (Å²) in [6.45, 7) is 12.9. The largest absolute Gasteiger partial charge is 0.295 e. The third kappa shape index (κ3) is 3.65. The number of nitrogens with zero attached hydrogens (tertiary/aromatic N) is 2. The van der Waals surface area contributed by atoms with E-state index >= 15 is 0 Å². The summed E-state index contributed by atoms with van der Waals surface area (Å²) in [6.07, 6.45) is 3.43. The summed E-state index contributed by atoms with van der Waals surface area (Å²) in [7, 11) is 0. The summed E-state index contributed by atoms with van der Waals surface area (Å²) in [4.78, 5) is 0. The summed E-state index contributed by atoms with van der Waals surface area (Å²) in [5, 5.41) is 2.80. The molecule has 1 aliphatic rings. The number of benzene rings is 4. The zero-order valence-corrected chi connectivity index (χ0v) is 24.5. The quantitative estimate of drug-likeness (QED) is 0.203. The van der Waals surface area contributed by atoms with Crippen molar-refractivity contribution in [3.8, 4) is 22.3 Å². The van der Waals surface area contributed by atoms with E-state index in [9.17, 15) is 0 Å². The molecule has 0 saturated carbocycles. The van der Waals surface area contributed by atoms with Crippen molar-refractivity contribution in [2.75, 3.05) is 0 Å². The first-order chi connectivity index (χ1) is 19.3. The zero-order valence-electron chi connectivity index (χ0n) is 24.5. The molecule has 40 heavy (non-hydrogen) atoms. The van der Waals surface area contributed by atoms with Crippen LogP contribution in [0.5, 0.6) is 0 Å². The van der Waals surface area contributed by atoms with Crippen molar-refractivity contribution >= 4 is 27.5 Å². The van der Waals surface area contributed by atoms with E-state index in [1.54, 1.807) is 0 Å². The Morgan fingerprint density at radius 2 is 1.40 bits per heavy atom. The van der Waals surface area contributed by atoms with Gasteiger partial charge in [-0.05, 0) is 94.3 Å². The van der Waals surface area contributed by atoms with Crippen molar-refractivity contribution in [3.63, 3.8) is 0 Å². The fraction of sp³-hybridized carbons (Fsp3) is 0.289. The van der Waals surface area contributed by atoms with E-state index in [0.717, 1.165) is 25.8 Å². The van der Waals surface area contributed by atoms with Gasteiger partial charge in [0, 0.05) is 5.41 Å². The molecule has 2 aromatic heterocycles. The normalized spacial score (nSPS) is 14.8. The molecule has 1 aliphatic heterocycles. The molecule has 0 saturated heterocycles. The van der Waals surface area contributed by atoms with E-state index in [4.69, 9.17) is 0 Å². The van der Waals surface area contributed by atoms with Crippen LogP contribution in [0.15, 0.2) is 97.1 Å². The van der Waals surface area contributed by atoms with Crippen LogP contribution in [0, 0.1) is 0 Å². The van der Waals surface area contributed by atoms with Gasteiger partial charge in [-0.2, -0.15) is 4.40 Å². The highest BCUT2D eigenvalue weighted by Crippen LogP contribution is 2.46. The van der Waals surface area contributed by atoms with Gasteiger partial charge in [0.15, 0.2) is 11.0 Å². The first kappa shape index (κ1) is 25.1. The molecule has 3 heterocycles. The van der Waals surface area contributed by atoms with E-state index in [0.29, 0.717) is 0 Å². The van der Waals surface area contributed by atoms with Crippen LogP contribution in [0.2, 0.25) is 0 Å². The van der Waals surface area contributed by atoms with Crippen LogP contribution in [0.1, 0.15) is 65.1 Å². The van der Waals surface area contributed by atoms with E-state index in [-0.39, 0.29) is 10.8 Å². The Labute approximate surface area is 237 Å². The molecule has 0 N–H and O–H groups in total. The van der Waals surface area contributed by atoms with Gasteiger partial charge < -0.3 is 0 Å². The molecule has 7 rings (SSSR count). The number of fused-ring (bicyclic) bond motifs is 3. The predicted molar refractivity (Wildman–Crippen MR) is 169 cm³/mol. The molecule has 2 nitrogen and oxygen atoms in total. The Hall–Kier alpha value is -3.91. The summed E-state index contributed by atoms with van der Waals surface area (Å²) in [5.41, 5.74) is 12.2. The molecule has 0 fully saturated rings. The van der Waals surface area contributed by atoms with Crippen LogP contribution in [-0.4, -0.2) is 4.40 Å². The predicted octanol–water partition coefficient (Wildman–Crippen LogP) is 9.63. The second-order valence-electron chi connectivity index (χ2n) is 12.8. The molecule has 4 aromatic carbocycles. The number of hydrogen-bond donors (Lipinski definition) is 0. The van der Waals surface area contributed by atoms with Crippen molar-refractivity contribution in [1.82, 2.24) is 4.40 Å². The minimum Gasteiger partial charge on any atom is -0.222 e. The van der Waals surface area contributed by atoms with Crippen molar-refractivity contribution in [3.05, 3.63) is 108 Å². The summed E-state index contributed by atoms with van der Waals surface area (Å²) in [5.74, 6) is 0. The Morgan fingerprint density at radius 1 is 0.725 bits per heavy atom. The van der Waals surface area contributed by atoms with E-state index in [1.165, 1.54) is 61.0 Å². The standard InChI is InChI=1S/C38H39N2/c1-6-38(7-2)20-21-39-32-18-11-12-19-33(32)40-34(37(3,4)5)25-30-23-29(24-31(38)35(30)36(39)40)28-17-13-16-27(22-28)26-14-9-8-10-15-26/h8-19,22-25H,6-7,20-21H2,1-5H3/q+1. The molecule has 0 aliphatic carbocycles. The smallest absolute Gasteiger partial charge is 0.222 e. The summed E-state index contributed by atoms with van der Waals surface area (Å²) in [6, 6.07) is 36.3. The molecule has 0 atom stereocenters. The van der Waals surface area contributed by atoms with Gasteiger partial charge in [0.2, 0.25) is 0 Å². The van der Waals surface area contributed by atoms with Crippen molar-refractivity contribution in [1.29, 1.82) is 0 Å². The second kappa shape index (κ2) is 9.06. The van der Waals surface area contributed by atoms with Gasteiger partial charge in [0.1, 0.15) is 5.69 Å². The molecule has 6 aromatic rings. The topological polar surface area (TPSA) is 8.29 Å². The maximum Gasteiger partial charge on any atom is 0.295 e. The molecular formula is C38H39N2+. The van der Waals surface area contributed by atoms with Gasteiger partial charge in [0.25, 0.3) is 5.65 Å². The zero-order chi connectivity index (χ0) is 27.6. The van der Waals surface area contributed by atoms with Crippen molar-refractivity contribution in [2.45, 2.75) is 71.3 Å². The van der Waals surface area contributed by atoms with Crippen LogP contribution in [0.3, 0.4) is 0 Å². The number of rotatable bonds is 4. The van der Waals surface area contributed by atoms with Gasteiger partial charge in [-0.25, -0.2) is 4.57 Å². The average Bonchev–Trinajstić information content (AvgIpc) is 3.23. The SMILES string of the molecule is CCC1(CC)CC[n+]2c3ccccc3n3c(C(C)(C)C)cc4cc(-c5cccc(-c6ccccc6)c5)cc1c4c32. The van der Waals surface area contributed by atoms with Gasteiger partial charge in [-0.15, -0.1) is 0 Å². The van der Waals surface area contributed by atoms with Gasteiger partial charge in [-0.1, -0.05) is 95.3 Å². The second-order valence-corrected chi connectivity index (χ2v) is 12.8. The lowest BCUT2D eigenvalue weighted by atomic mass is 9.71. The summed E-state index contributed by atoms with van der Waals surface area (Å²) < 4.78 is 5.21. The minimum absolute atomic E-state index is 0.00386. The van der Waals surface area contributed by atoms with Crippen LogP contribution in [-0.2, 0) is 17.4 Å². The maximum absolute atomic E-state index is 2.62. The van der Waals surface area contributed by atoms with Crippen molar-refractivity contribution in [2.24, 2.45) is 0 Å². The first-order valence-corrected chi connectivity index (χ1v) is 15.0. The third-order valence-electron chi connectivity index (χ3n) is 9.62. The Balaban J connectivity index is 1.62. The fourth-order valence-electron chi connectivity index (χ4n) is 7.28. The van der Waals surface area contributed by atoms with Gasteiger partial charge >= 0.3 is 0 Å². The lowest BCUT2D eigenvalue weighted by Gasteiger charge is -2.32. The van der Waals surface area contributed by atoms with E-state index < -0.39 is 0 Å². The van der Waals surface area contributed by atoms with E-state index in [1.807, 2.05) is 0 Å². The molecule has 2 heteroatoms. The molecule has 0 unspecified atom stereocenters. The molecule has 0 radical (unpaired) electrons. The Kier molecular flexibility index (Phi) is 5.68. The highest BCUT2D eigenvalue weighted by Gasteiger charge is 2.39. The minimum atomic E-state index is -0.00386. The number of pyridine rings is 1. The average molecular weight is 524 g/mol. The lowest BCUT2D eigenvalue weighted by molar-refractivity contribution is -0.646. The monoisotopic (exact) mass is 523 g/mol. The van der Waals surface area contributed by atoms with Crippen LogP contribution in [0.25, 0.3) is 49.7 Å². The van der Waals surface area contributed by atoms with Crippen molar-refractivity contribution < 1.29 is 4.57 Å². The molecule has 0 amide bonds. The fourth-order valence-corrected chi connectivity index (χ4v) is 7.28. The number of hydrogen-bond acceptors (Lipinski definition) is 0. The molecule has 0 bridgehead atoms. The highest BCUT2D eigenvalue weighted by atomic mass is 15.1. The number of imidazole rings is 1. The molecule has 200 valence electrons. The summed E-state index contributed by atoms with van der Waals surface area (Å²) >= 11 is 0. The first-order valence-electron chi connectivity index (χ1n) is 15.0. The molecular weight excluding hydrogens is 484 g/mol. The Morgan fingerprint density at radius 3 is 2.12 bits per heavy atom. The highest BCUT2D eigenvalue weighted by molar-refractivity contribution is 6.02. The van der Waals surface area contributed by atoms with Gasteiger partial charge in [0.05, 0.1) is 11.9 Å². The van der Waals surface area contributed by atoms with Crippen LogP contribution in [0.4, 0.5) is 0 Å². The third-order valence-corrected chi connectivity index (χ3v) is 9.62. The van der Waals surface area contributed by atoms with Crippen LogP contribution < -0.4 is 4.57 Å². The maximum atomic E-state index is 2.62. The lowest BCUT2D eigenvalue weighted by Crippen LogP contribution is -2.36. The molecule has 0 spiro atoms. The van der Waals surface area contributed by atoms with Crippen LogP contribution >= 0.6 is 0 Å². The Bertz CT molecular complexity index is 1900. The number of para-hydroxylation sites is 2. The van der Waals surface area contributed by atoms with Gasteiger partial charge in [-0.3, -0.25) is 0 Å². The van der Waals surface area contributed by atoms with E-state index in [2.05, 4.69) is 141 Å².